The number of hydrogen-bond donors (Lipinski definition) is 4. The van der Waals surface area contributed by atoms with Crippen molar-refractivity contribution in [3.63, 3.8) is 0 Å². The Morgan fingerprint density at radius 1 is 1.30 bits per heavy atom. The van der Waals surface area contributed by atoms with Crippen LogP contribution in [0, 0.1) is 22.1 Å². The molecule has 0 unspecified atom stereocenters. The average molecular weight is 411 g/mol. The van der Waals surface area contributed by atoms with Crippen molar-refractivity contribution in [2.24, 2.45) is 0 Å². The second kappa shape index (κ2) is 14.9. The summed E-state index contributed by atoms with van der Waals surface area (Å²) in [6.07, 6.45) is 9.82. The van der Waals surface area contributed by atoms with Crippen LogP contribution in [0.2, 0.25) is 5.02 Å². The molecule has 0 aromatic heterocycles. The highest BCUT2D eigenvalue weighted by Gasteiger charge is 2.09. The van der Waals surface area contributed by atoms with Gasteiger partial charge >= 0.3 is 0 Å². The first-order chi connectivity index (χ1) is 12.8. The molecule has 146 valence electrons. The average Bonchev–Trinajstić information content (AvgIpc) is 2.67. The van der Waals surface area contributed by atoms with Crippen LogP contribution >= 0.6 is 23.2 Å². The Bertz CT molecular complexity index is 693. The maximum Gasteiger partial charge on any atom is 0.167 e. The van der Waals surface area contributed by atoms with Crippen LogP contribution in [0.4, 0.5) is 0 Å². The third kappa shape index (κ3) is 12.7. The van der Waals surface area contributed by atoms with Crippen LogP contribution in [0.25, 0.3) is 0 Å². The van der Waals surface area contributed by atoms with E-state index in [0.29, 0.717) is 11.8 Å². The van der Waals surface area contributed by atoms with E-state index in [1.54, 1.807) is 0 Å². The van der Waals surface area contributed by atoms with Crippen molar-refractivity contribution in [2.75, 3.05) is 7.05 Å². The zero-order chi connectivity index (χ0) is 20.7. The first-order valence-corrected chi connectivity index (χ1v) is 9.11. The number of benzene rings is 1. The quantitative estimate of drug-likeness (QED) is 0.432. The van der Waals surface area contributed by atoms with Crippen molar-refractivity contribution in [2.45, 2.75) is 38.1 Å². The number of nitrogens with zero attached hydrogens (tertiary/aromatic N) is 1. The molecule has 0 aliphatic heterocycles. The number of phenolic OH excluding ortho intramolecular Hbond substituents is 1. The van der Waals surface area contributed by atoms with Crippen LogP contribution in [-0.2, 0) is 4.79 Å². The normalized spacial score (nSPS) is 13.4. The van der Waals surface area contributed by atoms with Crippen LogP contribution in [0.1, 0.15) is 37.7 Å². The van der Waals surface area contributed by atoms with E-state index in [9.17, 15) is 4.79 Å². The Hall–Kier alpha value is -2.20. The predicted octanol–water partition coefficient (Wildman–Crippen LogP) is 4.43. The molecule has 0 bridgehead atoms. The SMILES string of the molecule is CNC1CCCCC1.N#Cc1ccc(O)cc1Cl.N=C(Cl)/C=C\C(=N)C=O. The van der Waals surface area contributed by atoms with Crippen LogP contribution in [0.3, 0.4) is 0 Å². The topological polar surface area (TPSA) is 121 Å². The van der Waals surface area contributed by atoms with Crippen molar-refractivity contribution in [1.82, 2.24) is 5.32 Å². The number of carbonyl (C=O) groups is 1. The number of nitriles is 1. The molecule has 0 radical (unpaired) electrons. The second-order valence-electron chi connectivity index (χ2n) is 5.65. The van der Waals surface area contributed by atoms with E-state index in [0.717, 1.165) is 18.2 Å². The Kier molecular flexibility index (Phi) is 13.7. The standard InChI is InChI=1S/C7H4ClNO.C7H15N.C5H5ClN2O/c8-7-3-6(10)2-1-5(7)4-9;1-8-7-5-3-2-4-6-7;6-5(8)2-1-4(7)3-9/h1-3,10H;7-8H,2-6H2,1H3;1-3,7-8H/b;;2-1-,7-4?,8-5?. The molecule has 4 N–H and O–H groups in total. The van der Waals surface area contributed by atoms with Gasteiger partial charge < -0.3 is 10.4 Å². The largest absolute Gasteiger partial charge is 0.508 e. The smallest absolute Gasteiger partial charge is 0.167 e. The number of hydrogen-bond acceptors (Lipinski definition) is 6. The van der Waals surface area contributed by atoms with E-state index in [4.69, 9.17) is 44.4 Å². The molecular formula is C19H24Cl2N4O2. The lowest BCUT2D eigenvalue weighted by Crippen LogP contribution is -2.26. The number of nitrogens with one attached hydrogen (secondary N) is 3. The molecule has 1 aromatic rings. The van der Waals surface area contributed by atoms with E-state index in [1.165, 1.54) is 50.3 Å². The Morgan fingerprint density at radius 3 is 2.33 bits per heavy atom. The van der Waals surface area contributed by atoms with Gasteiger partial charge in [0.05, 0.1) is 16.3 Å². The second-order valence-corrected chi connectivity index (χ2v) is 6.47. The van der Waals surface area contributed by atoms with Crippen molar-refractivity contribution >= 4 is 40.4 Å². The zero-order valence-electron chi connectivity index (χ0n) is 15.1. The number of allylic oxidation sites excluding steroid dienone is 2. The van der Waals surface area contributed by atoms with E-state index in [2.05, 4.69) is 12.4 Å². The molecule has 0 spiro atoms. The third-order valence-electron chi connectivity index (χ3n) is 3.62. The maximum atomic E-state index is 9.73. The molecule has 1 fully saturated rings. The van der Waals surface area contributed by atoms with Gasteiger partial charge in [-0.3, -0.25) is 15.6 Å². The van der Waals surface area contributed by atoms with E-state index < -0.39 is 0 Å². The fourth-order valence-corrected chi connectivity index (χ4v) is 2.47. The summed E-state index contributed by atoms with van der Waals surface area (Å²) in [7, 11) is 2.07. The van der Waals surface area contributed by atoms with Gasteiger partial charge in [0, 0.05) is 6.04 Å². The number of aromatic hydroxyl groups is 1. The van der Waals surface area contributed by atoms with Gasteiger partial charge in [0.15, 0.2) is 6.29 Å². The van der Waals surface area contributed by atoms with Gasteiger partial charge in [-0.05, 0) is 50.2 Å². The molecule has 2 rings (SSSR count). The summed E-state index contributed by atoms with van der Waals surface area (Å²) in [6, 6.07) is 6.94. The van der Waals surface area contributed by atoms with Gasteiger partial charge in [-0.2, -0.15) is 5.26 Å². The molecule has 0 atom stereocenters. The molecule has 1 saturated carbocycles. The molecule has 1 aliphatic carbocycles. The Morgan fingerprint density at radius 2 is 1.93 bits per heavy atom. The van der Waals surface area contributed by atoms with Gasteiger partial charge in [0.2, 0.25) is 0 Å². The molecule has 6 nitrogen and oxygen atoms in total. The Balaban J connectivity index is 0.000000378. The minimum atomic E-state index is -0.194. The molecule has 0 heterocycles. The lowest BCUT2D eigenvalue weighted by Gasteiger charge is -2.20. The Labute approximate surface area is 169 Å². The third-order valence-corrected chi connectivity index (χ3v) is 4.06. The first-order valence-electron chi connectivity index (χ1n) is 8.35. The highest BCUT2D eigenvalue weighted by Crippen LogP contribution is 2.20. The number of phenols is 1. The fraction of sp³-hybridized carbons (Fsp3) is 0.368. The van der Waals surface area contributed by atoms with E-state index >= 15 is 0 Å². The number of halogens is 2. The fourth-order valence-electron chi connectivity index (χ4n) is 2.19. The number of rotatable bonds is 4. The summed E-state index contributed by atoms with van der Waals surface area (Å²) in [4.78, 5) is 9.73. The molecule has 0 saturated heterocycles. The van der Waals surface area contributed by atoms with Gasteiger partial charge in [0.1, 0.15) is 17.0 Å². The van der Waals surface area contributed by atoms with Crippen molar-refractivity contribution in [3.05, 3.63) is 40.9 Å². The van der Waals surface area contributed by atoms with Gasteiger partial charge in [-0.15, -0.1) is 0 Å². The zero-order valence-corrected chi connectivity index (χ0v) is 16.6. The lowest BCUT2D eigenvalue weighted by atomic mass is 9.96. The monoisotopic (exact) mass is 410 g/mol. The molecule has 8 heteroatoms. The highest BCUT2D eigenvalue weighted by atomic mass is 35.5. The van der Waals surface area contributed by atoms with Crippen LogP contribution < -0.4 is 5.32 Å². The maximum absolute atomic E-state index is 9.73. The predicted molar refractivity (Wildman–Crippen MR) is 110 cm³/mol. The minimum absolute atomic E-state index is 0.0731. The summed E-state index contributed by atoms with van der Waals surface area (Å²) in [5, 5.41) is 34.0. The van der Waals surface area contributed by atoms with Crippen molar-refractivity contribution in [1.29, 1.82) is 16.1 Å². The van der Waals surface area contributed by atoms with Crippen molar-refractivity contribution in [3.8, 4) is 11.8 Å². The summed E-state index contributed by atoms with van der Waals surface area (Å²) in [5.74, 6) is 0.0731. The van der Waals surface area contributed by atoms with E-state index in [-0.39, 0.29) is 21.7 Å². The number of carbonyl (C=O) groups excluding carboxylic acids is 1. The van der Waals surface area contributed by atoms with Gasteiger partial charge in [-0.1, -0.05) is 42.5 Å². The van der Waals surface area contributed by atoms with Crippen LogP contribution in [-0.4, -0.2) is 35.4 Å². The number of aldehydes is 1. The molecular weight excluding hydrogens is 387 g/mol. The van der Waals surface area contributed by atoms with E-state index in [1.807, 2.05) is 6.07 Å². The van der Waals surface area contributed by atoms with Crippen LogP contribution in [0.15, 0.2) is 30.4 Å². The molecule has 1 aliphatic rings. The minimum Gasteiger partial charge on any atom is -0.508 e. The lowest BCUT2D eigenvalue weighted by molar-refractivity contribution is -0.102. The van der Waals surface area contributed by atoms with Gasteiger partial charge in [-0.25, -0.2) is 0 Å². The van der Waals surface area contributed by atoms with Gasteiger partial charge in [0.25, 0.3) is 0 Å². The van der Waals surface area contributed by atoms with Crippen LogP contribution in [0.5, 0.6) is 5.75 Å². The summed E-state index contributed by atoms with van der Waals surface area (Å²) >= 11 is 10.6. The first kappa shape index (κ1) is 24.8. The summed E-state index contributed by atoms with van der Waals surface area (Å²) < 4.78 is 0. The molecule has 0 amide bonds. The molecule has 27 heavy (non-hydrogen) atoms. The summed E-state index contributed by atoms with van der Waals surface area (Å²) in [5.41, 5.74) is 0.180. The highest BCUT2D eigenvalue weighted by molar-refractivity contribution is 6.67. The van der Waals surface area contributed by atoms with Crippen molar-refractivity contribution < 1.29 is 9.90 Å². The molecule has 1 aromatic carbocycles. The summed E-state index contributed by atoms with van der Waals surface area (Å²) in [6.45, 7) is 0.